The van der Waals surface area contributed by atoms with Crippen molar-refractivity contribution in [3.05, 3.63) is 59.2 Å². The third-order valence-electron chi connectivity index (χ3n) is 3.79. The SMILES string of the molecule is CC(C)c1cccc(C(C)C)c1Nc1ccccc1C(=O)O. The molecule has 0 radical (unpaired) electrons. The Morgan fingerprint density at radius 2 is 1.45 bits per heavy atom. The van der Waals surface area contributed by atoms with E-state index in [9.17, 15) is 9.90 Å². The van der Waals surface area contributed by atoms with Crippen molar-refractivity contribution in [1.29, 1.82) is 0 Å². The fourth-order valence-corrected chi connectivity index (χ4v) is 2.61. The number of carboxylic acid groups (broad SMARTS) is 1. The molecule has 0 amide bonds. The van der Waals surface area contributed by atoms with Crippen molar-refractivity contribution in [2.45, 2.75) is 39.5 Å². The molecule has 22 heavy (non-hydrogen) atoms. The van der Waals surface area contributed by atoms with Crippen molar-refractivity contribution in [2.75, 3.05) is 5.32 Å². The number of para-hydroxylation sites is 2. The maximum absolute atomic E-state index is 11.4. The maximum atomic E-state index is 11.4. The Balaban J connectivity index is 2.56. The minimum absolute atomic E-state index is 0.288. The molecular weight excluding hydrogens is 274 g/mol. The molecule has 3 heteroatoms. The molecule has 0 aliphatic rings. The summed E-state index contributed by atoms with van der Waals surface area (Å²) in [4.78, 5) is 11.4. The van der Waals surface area contributed by atoms with Gasteiger partial charge in [-0.25, -0.2) is 4.79 Å². The van der Waals surface area contributed by atoms with Crippen molar-refractivity contribution in [3.8, 4) is 0 Å². The van der Waals surface area contributed by atoms with E-state index in [1.165, 1.54) is 11.1 Å². The molecule has 0 saturated carbocycles. The lowest BCUT2D eigenvalue weighted by molar-refractivity contribution is 0.0698. The molecule has 3 nitrogen and oxygen atoms in total. The van der Waals surface area contributed by atoms with Crippen molar-refractivity contribution < 1.29 is 9.90 Å². The number of hydrogen-bond donors (Lipinski definition) is 2. The fourth-order valence-electron chi connectivity index (χ4n) is 2.61. The van der Waals surface area contributed by atoms with Gasteiger partial charge in [-0.15, -0.1) is 0 Å². The third kappa shape index (κ3) is 3.30. The summed E-state index contributed by atoms with van der Waals surface area (Å²) in [5, 5.41) is 12.7. The molecular formula is C19H23NO2. The van der Waals surface area contributed by atoms with Gasteiger partial charge < -0.3 is 10.4 Å². The minimum atomic E-state index is -0.920. The summed E-state index contributed by atoms with van der Waals surface area (Å²) in [6.07, 6.45) is 0. The molecule has 0 spiro atoms. The first-order valence-corrected chi connectivity index (χ1v) is 7.64. The Hall–Kier alpha value is -2.29. The monoisotopic (exact) mass is 297 g/mol. The molecule has 0 aromatic heterocycles. The minimum Gasteiger partial charge on any atom is -0.478 e. The van der Waals surface area contributed by atoms with E-state index in [-0.39, 0.29) is 5.56 Å². The molecule has 0 saturated heterocycles. The first kappa shape index (κ1) is 16.1. The van der Waals surface area contributed by atoms with Crippen LogP contribution < -0.4 is 5.32 Å². The molecule has 0 fully saturated rings. The molecule has 2 aromatic carbocycles. The van der Waals surface area contributed by atoms with Gasteiger partial charge in [0.05, 0.1) is 11.3 Å². The largest absolute Gasteiger partial charge is 0.478 e. The van der Waals surface area contributed by atoms with Crippen LogP contribution in [-0.4, -0.2) is 11.1 Å². The Bertz CT molecular complexity index is 649. The summed E-state index contributed by atoms with van der Waals surface area (Å²) >= 11 is 0. The van der Waals surface area contributed by atoms with Crippen LogP contribution in [0.15, 0.2) is 42.5 Å². The van der Waals surface area contributed by atoms with Crippen molar-refractivity contribution in [1.82, 2.24) is 0 Å². The molecule has 0 atom stereocenters. The summed E-state index contributed by atoms with van der Waals surface area (Å²) in [6, 6.07) is 13.3. The van der Waals surface area contributed by atoms with E-state index < -0.39 is 5.97 Å². The Morgan fingerprint density at radius 3 is 1.95 bits per heavy atom. The molecule has 2 aromatic rings. The van der Waals surface area contributed by atoms with Crippen LogP contribution in [-0.2, 0) is 0 Å². The second-order valence-electron chi connectivity index (χ2n) is 6.10. The molecule has 2 rings (SSSR count). The van der Waals surface area contributed by atoms with Gasteiger partial charge in [-0.05, 0) is 35.1 Å². The highest BCUT2D eigenvalue weighted by atomic mass is 16.4. The van der Waals surface area contributed by atoms with Gasteiger partial charge in [-0.1, -0.05) is 58.0 Å². The molecule has 0 aliphatic carbocycles. The predicted molar refractivity (Wildman–Crippen MR) is 91.3 cm³/mol. The first-order chi connectivity index (χ1) is 10.4. The predicted octanol–water partition coefficient (Wildman–Crippen LogP) is 5.38. The Labute approximate surface area is 132 Å². The summed E-state index contributed by atoms with van der Waals surface area (Å²) in [5.74, 6) is -0.201. The van der Waals surface area contributed by atoms with Gasteiger partial charge in [0.1, 0.15) is 0 Å². The summed E-state index contributed by atoms with van der Waals surface area (Å²) in [6.45, 7) is 8.59. The maximum Gasteiger partial charge on any atom is 0.337 e. The highest BCUT2D eigenvalue weighted by Crippen LogP contribution is 2.35. The highest BCUT2D eigenvalue weighted by Gasteiger charge is 2.16. The van der Waals surface area contributed by atoms with Crippen LogP contribution in [0.25, 0.3) is 0 Å². The van der Waals surface area contributed by atoms with Gasteiger partial charge in [-0.3, -0.25) is 0 Å². The van der Waals surface area contributed by atoms with Crippen LogP contribution in [0, 0.1) is 0 Å². The van der Waals surface area contributed by atoms with E-state index >= 15 is 0 Å². The van der Waals surface area contributed by atoms with Crippen LogP contribution in [0.3, 0.4) is 0 Å². The zero-order valence-corrected chi connectivity index (χ0v) is 13.6. The lowest BCUT2D eigenvalue weighted by Gasteiger charge is -2.21. The number of hydrogen-bond acceptors (Lipinski definition) is 2. The average Bonchev–Trinajstić information content (AvgIpc) is 2.47. The topological polar surface area (TPSA) is 49.3 Å². The first-order valence-electron chi connectivity index (χ1n) is 7.64. The smallest absolute Gasteiger partial charge is 0.337 e. The molecule has 0 unspecified atom stereocenters. The van der Waals surface area contributed by atoms with Crippen LogP contribution in [0.1, 0.15) is 61.0 Å². The lowest BCUT2D eigenvalue weighted by atomic mass is 9.92. The van der Waals surface area contributed by atoms with Crippen LogP contribution in [0.4, 0.5) is 11.4 Å². The third-order valence-corrected chi connectivity index (χ3v) is 3.79. The number of carbonyl (C=O) groups is 1. The molecule has 0 aliphatic heterocycles. The zero-order chi connectivity index (χ0) is 16.3. The number of rotatable bonds is 5. The van der Waals surface area contributed by atoms with Gasteiger partial charge in [0.2, 0.25) is 0 Å². The number of aromatic carboxylic acids is 1. The number of nitrogens with one attached hydrogen (secondary N) is 1. The fraction of sp³-hybridized carbons (Fsp3) is 0.316. The number of benzene rings is 2. The van der Waals surface area contributed by atoms with E-state index in [1.807, 2.05) is 12.1 Å². The van der Waals surface area contributed by atoms with Crippen LogP contribution >= 0.6 is 0 Å². The highest BCUT2D eigenvalue weighted by molar-refractivity contribution is 5.95. The van der Waals surface area contributed by atoms with E-state index in [4.69, 9.17) is 0 Å². The van der Waals surface area contributed by atoms with Gasteiger partial charge >= 0.3 is 5.97 Å². The zero-order valence-electron chi connectivity index (χ0n) is 13.6. The molecule has 116 valence electrons. The molecule has 0 heterocycles. The van der Waals surface area contributed by atoms with Crippen molar-refractivity contribution in [2.24, 2.45) is 0 Å². The van der Waals surface area contributed by atoms with Crippen molar-refractivity contribution >= 4 is 17.3 Å². The quantitative estimate of drug-likeness (QED) is 0.779. The normalized spacial score (nSPS) is 11.0. The lowest BCUT2D eigenvalue weighted by Crippen LogP contribution is -2.07. The summed E-state index contributed by atoms with van der Waals surface area (Å²) in [7, 11) is 0. The van der Waals surface area contributed by atoms with E-state index in [0.29, 0.717) is 17.5 Å². The summed E-state index contributed by atoms with van der Waals surface area (Å²) < 4.78 is 0. The second-order valence-corrected chi connectivity index (χ2v) is 6.10. The molecule has 2 N–H and O–H groups in total. The van der Waals surface area contributed by atoms with Gasteiger partial charge in [-0.2, -0.15) is 0 Å². The standard InChI is InChI=1S/C19H23NO2/c1-12(2)14-9-7-10-15(13(3)4)18(14)20-17-11-6-5-8-16(17)19(21)22/h5-13,20H,1-4H3,(H,21,22). The number of carboxylic acids is 1. The van der Waals surface area contributed by atoms with Crippen molar-refractivity contribution in [3.63, 3.8) is 0 Å². The van der Waals surface area contributed by atoms with Crippen LogP contribution in [0.2, 0.25) is 0 Å². The number of anilines is 2. The van der Waals surface area contributed by atoms with Crippen LogP contribution in [0.5, 0.6) is 0 Å². The Kier molecular flexibility index (Phi) is 4.86. The van der Waals surface area contributed by atoms with Gasteiger partial charge in [0, 0.05) is 5.69 Å². The Morgan fingerprint density at radius 1 is 0.909 bits per heavy atom. The van der Waals surface area contributed by atoms with E-state index in [1.54, 1.807) is 12.1 Å². The van der Waals surface area contributed by atoms with Gasteiger partial charge in [0.15, 0.2) is 0 Å². The van der Waals surface area contributed by atoms with E-state index in [0.717, 1.165) is 5.69 Å². The van der Waals surface area contributed by atoms with Gasteiger partial charge in [0.25, 0.3) is 0 Å². The second kappa shape index (κ2) is 6.65. The summed E-state index contributed by atoms with van der Waals surface area (Å²) in [5.41, 5.74) is 4.35. The average molecular weight is 297 g/mol. The molecule has 0 bridgehead atoms. The van der Waals surface area contributed by atoms with E-state index in [2.05, 4.69) is 51.2 Å².